The van der Waals surface area contributed by atoms with Crippen LogP contribution in [0.4, 0.5) is 5.69 Å². The molecule has 11 nitrogen and oxygen atoms in total. The molecule has 0 unspecified atom stereocenters. The van der Waals surface area contributed by atoms with Gasteiger partial charge in [0.1, 0.15) is 24.4 Å². The Kier molecular flexibility index (Phi) is 5.90. The molecule has 0 aromatic heterocycles. The van der Waals surface area contributed by atoms with Crippen molar-refractivity contribution in [3.8, 4) is 0 Å². The van der Waals surface area contributed by atoms with Crippen molar-refractivity contribution in [2.75, 3.05) is 18.5 Å². The lowest BCUT2D eigenvalue weighted by Crippen LogP contribution is -2.60. The van der Waals surface area contributed by atoms with E-state index < -0.39 is 54.9 Å². The van der Waals surface area contributed by atoms with Crippen LogP contribution in [0.15, 0.2) is 48.8 Å². The van der Waals surface area contributed by atoms with Gasteiger partial charge < -0.3 is 44.9 Å². The highest BCUT2D eigenvalue weighted by Gasteiger charge is 2.62. The molecule has 37 heavy (non-hydrogen) atoms. The van der Waals surface area contributed by atoms with E-state index in [1.807, 2.05) is 24.3 Å². The van der Waals surface area contributed by atoms with Crippen LogP contribution >= 0.6 is 0 Å². The Morgan fingerprint density at radius 2 is 1.95 bits per heavy atom. The third-order valence-corrected chi connectivity index (χ3v) is 8.63. The molecule has 5 N–H and O–H groups in total. The van der Waals surface area contributed by atoms with Gasteiger partial charge in [-0.3, -0.25) is 9.59 Å². The lowest BCUT2D eigenvalue weighted by atomic mass is 9.67. The van der Waals surface area contributed by atoms with Crippen LogP contribution in [-0.4, -0.2) is 93.3 Å². The molecule has 6 rings (SSSR count). The van der Waals surface area contributed by atoms with E-state index in [0.717, 1.165) is 11.3 Å². The molecule has 198 valence electrons. The summed E-state index contributed by atoms with van der Waals surface area (Å²) in [5.74, 6) is -1.24. The second-order valence-corrected chi connectivity index (χ2v) is 10.3. The number of rotatable bonds is 4. The number of nitrogens with one attached hydrogen (secondary N) is 1. The van der Waals surface area contributed by atoms with E-state index in [1.165, 1.54) is 6.26 Å². The van der Waals surface area contributed by atoms with Gasteiger partial charge in [-0.25, -0.2) is 0 Å². The molecule has 11 heteroatoms. The summed E-state index contributed by atoms with van der Waals surface area (Å²) in [4.78, 5) is 28.7. The topological polar surface area (TPSA) is 158 Å². The van der Waals surface area contributed by atoms with E-state index in [4.69, 9.17) is 14.2 Å². The van der Waals surface area contributed by atoms with Crippen LogP contribution < -0.4 is 5.32 Å². The molecule has 10 atom stereocenters. The van der Waals surface area contributed by atoms with E-state index in [0.29, 0.717) is 25.0 Å². The minimum atomic E-state index is -1.60. The lowest BCUT2D eigenvalue weighted by molar-refractivity contribution is -0.339. The van der Waals surface area contributed by atoms with Crippen LogP contribution in [-0.2, 0) is 29.2 Å². The van der Waals surface area contributed by atoms with E-state index in [-0.39, 0.29) is 23.8 Å². The number of anilines is 1. The van der Waals surface area contributed by atoms with Gasteiger partial charge in [-0.15, -0.1) is 6.58 Å². The molecule has 3 fully saturated rings. The van der Waals surface area contributed by atoms with E-state index in [2.05, 4.69) is 11.9 Å². The van der Waals surface area contributed by atoms with E-state index in [1.54, 1.807) is 11.0 Å². The molecular formula is C26H30N2O9. The Morgan fingerprint density at radius 1 is 1.16 bits per heavy atom. The summed E-state index contributed by atoms with van der Waals surface area (Å²) in [5, 5.41) is 43.1. The summed E-state index contributed by atoms with van der Waals surface area (Å²) in [6, 6.07) is 7.19. The van der Waals surface area contributed by atoms with Gasteiger partial charge in [-0.2, -0.15) is 0 Å². The number of amides is 2. The van der Waals surface area contributed by atoms with Gasteiger partial charge in [0.25, 0.3) is 5.91 Å². The summed E-state index contributed by atoms with van der Waals surface area (Å²) in [5.41, 5.74) is 1.26. The lowest BCUT2D eigenvalue weighted by Gasteiger charge is -2.47. The molecule has 5 aliphatic rings. The summed E-state index contributed by atoms with van der Waals surface area (Å²) in [6.45, 7) is 3.77. The molecule has 0 radical (unpaired) electrons. The molecule has 1 aromatic carbocycles. The predicted octanol–water partition coefficient (Wildman–Crippen LogP) is -0.644. The number of ether oxygens (including phenoxy) is 3. The van der Waals surface area contributed by atoms with Crippen molar-refractivity contribution in [1.82, 2.24) is 4.90 Å². The van der Waals surface area contributed by atoms with Crippen molar-refractivity contribution >= 4 is 17.5 Å². The van der Waals surface area contributed by atoms with Gasteiger partial charge >= 0.3 is 0 Å². The average Bonchev–Trinajstić information content (AvgIpc) is 3.43. The normalized spacial score (nSPS) is 42.4. The molecule has 3 saturated heterocycles. The van der Waals surface area contributed by atoms with Crippen LogP contribution in [0.2, 0.25) is 0 Å². The number of nitrogens with zero attached hydrogens (tertiary/aromatic N) is 1. The number of carbonyl (C=O) groups excluding carboxylic acids is 2. The molecule has 0 saturated carbocycles. The predicted molar refractivity (Wildman–Crippen MR) is 126 cm³/mol. The quantitative estimate of drug-likeness (QED) is 0.330. The zero-order valence-electron chi connectivity index (χ0n) is 20.0. The van der Waals surface area contributed by atoms with E-state index in [9.17, 15) is 30.0 Å². The highest BCUT2D eigenvalue weighted by molar-refractivity contribution is 6.08. The first-order chi connectivity index (χ1) is 17.8. The first-order valence-corrected chi connectivity index (χ1v) is 12.5. The van der Waals surface area contributed by atoms with Gasteiger partial charge in [0.2, 0.25) is 12.2 Å². The maximum absolute atomic E-state index is 13.6. The number of hydrogen-bond donors (Lipinski definition) is 5. The zero-order chi connectivity index (χ0) is 26.1. The molecule has 2 amide bonds. The smallest absolute Gasteiger partial charge is 0.253 e. The second-order valence-electron chi connectivity index (χ2n) is 10.3. The van der Waals surface area contributed by atoms with Crippen molar-refractivity contribution in [2.24, 2.45) is 11.8 Å². The van der Waals surface area contributed by atoms with Crippen molar-refractivity contribution in [3.05, 3.63) is 54.3 Å². The molecule has 0 bridgehead atoms. The molecule has 1 spiro atoms. The maximum atomic E-state index is 13.6. The first kappa shape index (κ1) is 24.5. The molecule has 5 aliphatic heterocycles. The Labute approximate surface area is 212 Å². The third kappa shape index (κ3) is 3.42. The third-order valence-electron chi connectivity index (χ3n) is 8.63. The second kappa shape index (κ2) is 8.90. The van der Waals surface area contributed by atoms with Crippen LogP contribution in [0.25, 0.3) is 0 Å². The minimum absolute atomic E-state index is 0.113. The average molecular weight is 515 g/mol. The number of aliphatic hydroxyl groups excluding tert-OH is 4. The standard InChI is InChI=1S/C26H30N2O9/c1-2-12-13-9-18-26(15-5-3-4-6-16(15)27-25(26)34)7-8-28(18)22(33)14(13)11-35-23(12)37-24-21(32)20(31)19(30)17(10-29)36-24/h2-6,11-13,17-21,23-24,29-32H,1,7-10H2,(H,27,34)/t12-,13-,17-,18+,19+,20+,21-,23-,24-,26+/m0/s1. The number of aliphatic hydroxyl groups is 4. The maximum Gasteiger partial charge on any atom is 0.253 e. The Bertz CT molecular complexity index is 1150. The Morgan fingerprint density at radius 3 is 2.70 bits per heavy atom. The number of hydrogen-bond acceptors (Lipinski definition) is 9. The summed E-state index contributed by atoms with van der Waals surface area (Å²) < 4.78 is 17.1. The van der Waals surface area contributed by atoms with Crippen molar-refractivity contribution < 1.29 is 44.2 Å². The van der Waals surface area contributed by atoms with Gasteiger partial charge in [0, 0.05) is 24.1 Å². The highest BCUT2D eigenvalue weighted by atomic mass is 16.8. The van der Waals surface area contributed by atoms with E-state index >= 15 is 0 Å². The summed E-state index contributed by atoms with van der Waals surface area (Å²) >= 11 is 0. The highest BCUT2D eigenvalue weighted by Crippen LogP contribution is 2.54. The molecule has 5 heterocycles. The van der Waals surface area contributed by atoms with Crippen molar-refractivity contribution in [3.63, 3.8) is 0 Å². The van der Waals surface area contributed by atoms with Gasteiger partial charge in [-0.1, -0.05) is 24.3 Å². The van der Waals surface area contributed by atoms with Gasteiger partial charge in [-0.05, 0) is 24.5 Å². The van der Waals surface area contributed by atoms with Crippen molar-refractivity contribution in [2.45, 2.75) is 61.3 Å². The van der Waals surface area contributed by atoms with Crippen LogP contribution in [0, 0.1) is 11.8 Å². The number of fused-ring (bicyclic) bond motifs is 5. The summed E-state index contributed by atoms with van der Waals surface area (Å²) in [6.07, 6.45) is -4.35. The summed E-state index contributed by atoms with van der Waals surface area (Å²) in [7, 11) is 0. The Balaban J connectivity index is 1.29. The molecule has 1 aromatic rings. The van der Waals surface area contributed by atoms with Crippen LogP contribution in [0.3, 0.4) is 0 Å². The largest absolute Gasteiger partial charge is 0.471 e. The fraction of sp³-hybridized carbons (Fsp3) is 0.538. The molecular weight excluding hydrogens is 484 g/mol. The Hall–Kier alpha value is -2.80. The van der Waals surface area contributed by atoms with Crippen LogP contribution in [0.1, 0.15) is 18.4 Å². The monoisotopic (exact) mass is 514 g/mol. The fourth-order valence-electron chi connectivity index (χ4n) is 6.70. The SMILES string of the molecule is C=C[C@@H]1[C@H](O[C@@H]2O[C@@H](CO)[C@@H](O)[C@@H](O)[C@@H]2O)OC=C2C(=O)N3CC[C@]4(C(=O)Nc5ccccc54)[C@H]3C[C@H]21. The molecule has 0 aliphatic carbocycles. The van der Waals surface area contributed by atoms with Gasteiger partial charge in [0.15, 0.2) is 6.29 Å². The number of piperidine rings is 1. The first-order valence-electron chi connectivity index (χ1n) is 12.5. The minimum Gasteiger partial charge on any atom is -0.471 e. The van der Waals surface area contributed by atoms with Crippen LogP contribution in [0.5, 0.6) is 0 Å². The van der Waals surface area contributed by atoms with Crippen molar-refractivity contribution in [1.29, 1.82) is 0 Å². The number of carbonyl (C=O) groups is 2. The fourth-order valence-corrected chi connectivity index (χ4v) is 6.70. The number of benzene rings is 1. The number of para-hydroxylation sites is 1. The van der Waals surface area contributed by atoms with Gasteiger partial charge in [0.05, 0.1) is 29.9 Å². The zero-order valence-corrected chi connectivity index (χ0v) is 20.0.